The fraction of sp³-hybridized carbons (Fsp3) is 0.522. The first kappa shape index (κ1) is 20.8. The average molecular weight is 431 g/mol. The average Bonchev–Trinajstić information content (AvgIpc) is 3.12. The molecule has 1 aliphatic heterocycles. The van der Waals surface area contributed by atoms with E-state index in [-0.39, 0.29) is 11.7 Å². The van der Waals surface area contributed by atoms with E-state index in [1.807, 2.05) is 0 Å². The molecule has 0 spiro atoms. The van der Waals surface area contributed by atoms with Gasteiger partial charge in [0.15, 0.2) is 11.5 Å². The van der Waals surface area contributed by atoms with E-state index in [1.165, 1.54) is 24.7 Å². The van der Waals surface area contributed by atoms with Crippen LogP contribution in [-0.2, 0) is 12.8 Å². The Hall–Kier alpha value is -2.41. The molecule has 2 atom stereocenters. The quantitative estimate of drug-likeness (QED) is 0.631. The number of carbonyl (C=O) groups is 1. The Kier molecular flexibility index (Phi) is 5.34. The molecule has 162 valence electrons. The summed E-state index contributed by atoms with van der Waals surface area (Å²) in [5.41, 5.74) is 3.08. The highest BCUT2D eigenvalue weighted by Crippen LogP contribution is 2.47. The van der Waals surface area contributed by atoms with Gasteiger partial charge >= 0.3 is 0 Å². The molecule has 1 aliphatic carbocycles. The minimum absolute atomic E-state index is 0.0505. The maximum Gasteiger partial charge on any atom is 0.256 e. The number of ether oxygens (including phenoxy) is 2. The van der Waals surface area contributed by atoms with Gasteiger partial charge in [-0.3, -0.25) is 4.79 Å². The number of hydrogen-bond acceptors (Lipinski definition) is 6. The third-order valence-electron chi connectivity index (χ3n) is 6.90. The highest BCUT2D eigenvalue weighted by atomic mass is 32.1. The summed E-state index contributed by atoms with van der Waals surface area (Å²) in [5.74, 6) is 1.15. The van der Waals surface area contributed by atoms with Gasteiger partial charge < -0.3 is 25.2 Å². The first-order valence-electron chi connectivity index (χ1n) is 10.5. The van der Waals surface area contributed by atoms with Crippen molar-refractivity contribution in [3.05, 3.63) is 33.7 Å². The Balaban J connectivity index is 1.65. The van der Waals surface area contributed by atoms with Gasteiger partial charge in [-0.2, -0.15) is 0 Å². The zero-order chi connectivity index (χ0) is 21.6. The summed E-state index contributed by atoms with van der Waals surface area (Å²) in [6, 6.07) is 3.43. The van der Waals surface area contributed by atoms with Gasteiger partial charge in [0, 0.05) is 10.4 Å². The maximum atomic E-state index is 13.1. The number of aromatic hydroxyl groups is 1. The maximum absolute atomic E-state index is 13.1. The van der Waals surface area contributed by atoms with Gasteiger partial charge in [-0.25, -0.2) is 0 Å². The van der Waals surface area contributed by atoms with Crippen molar-refractivity contribution in [2.24, 2.45) is 11.3 Å². The molecule has 30 heavy (non-hydrogen) atoms. The van der Waals surface area contributed by atoms with Gasteiger partial charge in [-0.05, 0) is 48.3 Å². The van der Waals surface area contributed by atoms with E-state index >= 15 is 0 Å². The number of methoxy groups -OCH3 is 2. The molecule has 7 heteroatoms. The van der Waals surface area contributed by atoms with Crippen molar-refractivity contribution in [2.75, 3.05) is 19.5 Å². The second kappa shape index (κ2) is 7.69. The summed E-state index contributed by atoms with van der Waals surface area (Å²) < 4.78 is 10.5. The van der Waals surface area contributed by atoms with E-state index in [9.17, 15) is 9.90 Å². The van der Waals surface area contributed by atoms with Crippen LogP contribution >= 0.6 is 11.3 Å². The van der Waals surface area contributed by atoms with Crippen molar-refractivity contribution >= 4 is 22.2 Å². The fourth-order valence-electron chi connectivity index (χ4n) is 4.50. The Morgan fingerprint density at radius 2 is 1.87 bits per heavy atom. The predicted molar refractivity (Wildman–Crippen MR) is 119 cm³/mol. The number of thiophene rings is 1. The van der Waals surface area contributed by atoms with Crippen molar-refractivity contribution in [2.45, 2.75) is 52.6 Å². The summed E-state index contributed by atoms with van der Waals surface area (Å²) >= 11 is 1.71. The number of benzene rings is 1. The van der Waals surface area contributed by atoms with E-state index in [0.29, 0.717) is 22.8 Å². The normalized spacial score (nSPS) is 20.6. The molecule has 3 N–H and O–H groups in total. The number of hydrogen-bond donors (Lipinski definition) is 3. The second-order valence-corrected chi connectivity index (χ2v) is 9.92. The number of amides is 1. The zero-order valence-corrected chi connectivity index (χ0v) is 19.0. The van der Waals surface area contributed by atoms with Crippen molar-refractivity contribution in [1.82, 2.24) is 5.32 Å². The Morgan fingerprint density at radius 1 is 1.20 bits per heavy atom. The molecular weight excluding hydrogens is 400 g/mol. The van der Waals surface area contributed by atoms with Crippen molar-refractivity contribution in [3.63, 3.8) is 0 Å². The van der Waals surface area contributed by atoms with Crippen molar-refractivity contribution in [1.29, 1.82) is 0 Å². The lowest BCUT2D eigenvalue weighted by Crippen LogP contribution is -2.38. The molecule has 0 saturated carbocycles. The smallest absolute Gasteiger partial charge is 0.256 e. The van der Waals surface area contributed by atoms with Gasteiger partial charge in [0.2, 0.25) is 5.75 Å². The summed E-state index contributed by atoms with van der Waals surface area (Å²) in [6.45, 7) is 6.96. The molecule has 1 aromatic heterocycles. The minimum Gasteiger partial charge on any atom is -0.502 e. The number of phenols is 1. The van der Waals surface area contributed by atoms with Crippen molar-refractivity contribution in [3.8, 4) is 17.2 Å². The minimum atomic E-state index is -0.420. The highest BCUT2D eigenvalue weighted by molar-refractivity contribution is 7.16. The summed E-state index contributed by atoms with van der Waals surface area (Å²) in [7, 11) is 2.98. The topological polar surface area (TPSA) is 79.8 Å². The standard InChI is InChI=1S/C23H30N2O4S/c1-6-23(2,3)13-7-8-14-17(11-13)30-22-18(14)21(27)24-20(25-22)12-9-15(28-4)19(26)16(10-12)29-5/h9-10,13,20,25-26H,6-8,11H2,1-5H3,(H,24,27)/t13-,20-/m0/s1. The lowest BCUT2D eigenvalue weighted by Gasteiger charge is -2.36. The van der Waals surface area contributed by atoms with Crippen LogP contribution in [0.3, 0.4) is 0 Å². The van der Waals surface area contributed by atoms with Gasteiger partial charge in [-0.15, -0.1) is 11.3 Å². The Labute approximate surface area is 181 Å². The number of fused-ring (bicyclic) bond motifs is 3. The van der Waals surface area contributed by atoms with Crippen LogP contribution in [-0.4, -0.2) is 25.2 Å². The van der Waals surface area contributed by atoms with Crippen LogP contribution in [0, 0.1) is 11.3 Å². The lowest BCUT2D eigenvalue weighted by atomic mass is 9.69. The Bertz CT molecular complexity index is 957. The summed E-state index contributed by atoms with van der Waals surface area (Å²) in [5, 5.41) is 17.7. The fourth-order valence-corrected chi connectivity index (χ4v) is 5.85. The number of carbonyl (C=O) groups excluding carboxylic acids is 1. The van der Waals surface area contributed by atoms with Crippen LogP contribution in [0.25, 0.3) is 0 Å². The van der Waals surface area contributed by atoms with E-state index in [2.05, 4.69) is 31.4 Å². The molecule has 2 aliphatic rings. The summed E-state index contributed by atoms with van der Waals surface area (Å²) in [6.07, 6.45) is 3.85. The van der Waals surface area contributed by atoms with E-state index in [1.54, 1.807) is 23.5 Å². The molecule has 1 aromatic carbocycles. The van der Waals surface area contributed by atoms with E-state index in [0.717, 1.165) is 41.8 Å². The molecule has 0 unspecified atom stereocenters. The number of nitrogens with one attached hydrogen (secondary N) is 2. The van der Waals surface area contributed by atoms with Gasteiger partial charge in [0.1, 0.15) is 11.2 Å². The lowest BCUT2D eigenvalue weighted by molar-refractivity contribution is 0.0934. The van der Waals surface area contributed by atoms with Gasteiger partial charge in [-0.1, -0.05) is 27.2 Å². The summed E-state index contributed by atoms with van der Waals surface area (Å²) in [4.78, 5) is 14.4. The molecule has 0 fully saturated rings. The third kappa shape index (κ3) is 3.39. The SMILES string of the molecule is CCC(C)(C)[C@H]1CCc2c(sc3c2C(=O)N[C@H](c2cc(OC)c(O)c(OC)c2)N3)C1. The molecular formula is C23H30N2O4S. The van der Waals surface area contributed by atoms with Crippen LogP contribution in [0.2, 0.25) is 0 Å². The van der Waals surface area contributed by atoms with E-state index in [4.69, 9.17) is 9.47 Å². The molecule has 2 aromatic rings. The van der Waals surface area contributed by atoms with Crippen LogP contribution in [0.1, 0.15) is 66.1 Å². The monoisotopic (exact) mass is 430 g/mol. The van der Waals surface area contributed by atoms with Gasteiger partial charge in [0.25, 0.3) is 5.91 Å². The molecule has 2 heterocycles. The number of anilines is 1. The molecule has 0 saturated heterocycles. The molecule has 0 bridgehead atoms. The largest absolute Gasteiger partial charge is 0.502 e. The predicted octanol–water partition coefficient (Wildman–Crippen LogP) is 4.87. The number of rotatable bonds is 5. The van der Waals surface area contributed by atoms with Crippen molar-refractivity contribution < 1.29 is 19.4 Å². The second-order valence-electron chi connectivity index (χ2n) is 8.81. The Morgan fingerprint density at radius 3 is 2.47 bits per heavy atom. The van der Waals surface area contributed by atoms with Crippen LogP contribution in [0.15, 0.2) is 12.1 Å². The first-order valence-corrected chi connectivity index (χ1v) is 11.3. The first-order chi connectivity index (χ1) is 14.3. The van der Waals surface area contributed by atoms with Crippen LogP contribution in [0.4, 0.5) is 5.00 Å². The third-order valence-corrected chi connectivity index (χ3v) is 8.08. The molecule has 6 nitrogen and oxygen atoms in total. The molecule has 1 amide bonds. The number of phenolic OH excluding ortho intramolecular Hbond substituents is 1. The van der Waals surface area contributed by atoms with Gasteiger partial charge in [0.05, 0.1) is 19.8 Å². The highest BCUT2D eigenvalue weighted by Gasteiger charge is 2.37. The van der Waals surface area contributed by atoms with Crippen LogP contribution in [0.5, 0.6) is 17.2 Å². The van der Waals surface area contributed by atoms with E-state index < -0.39 is 6.17 Å². The van der Waals surface area contributed by atoms with Crippen LogP contribution < -0.4 is 20.1 Å². The molecule has 4 rings (SSSR count). The molecule has 0 radical (unpaired) electrons. The zero-order valence-electron chi connectivity index (χ0n) is 18.2.